The Morgan fingerprint density at radius 3 is 2.50 bits per heavy atom. The fourth-order valence-corrected chi connectivity index (χ4v) is 5.76. The van der Waals surface area contributed by atoms with Crippen LogP contribution in [0.4, 0.5) is 4.39 Å². The SMILES string of the molecule is N#CC1(NC(=O)C2CC(Sc3ccc(Cl)cn3)CN2C(=O)C2(c3ncc(Cl)cc3F)CC2)CC1. The number of carbonyl (C=O) groups excluding carboxylic acids is 2. The largest absolute Gasteiger partial charge is 0.336 e. The van der Waals surface area contributed by atoms with Crippen LogP contribution in [0.15, 0.2) is 35.6 Å². The Morgan fingerprint density at radius 1 is 1.18 bits per heavy atom. The molecule has 1 saturated heterocycles. The number of nitrogens with zero attached hydrogens (tertiary/aromatic N) is 4. The van der Waals surface area contributed by atoms with Crippen molar-refractivity contribution in [3.63, 3.8) is 0 Å². The summed E-state index contributed by atoms with van der Waals surface area (Å²) in [5, 5.41) is 13.5. The summed E-state index contributed by atoms with van der Waals surface area (Å²) in [5.41, 5.74) is -1.89. The molecule has 0 bridgehead atoms. The van der Waals surface area contributed by atoms with Gasteiger partial charge in [0.2, 0.25) is 11.8 Å². The van der Waals surface area contributed by atoms with E-state index in [9.17, 15) is 19.2 Å². The van der Waals surface area contributed by atoms with Crippen molar-refractivity contribution in [2.24, 2.45) is 0 Å². The smallest absolute Gasteiger partial charge is 0.244 e. The summed E-state index contributed by atoms with van der Waals surface area (Å²) in [4.78, 5) is 36.9. The van der Waals surface area contributed by atoms with Crippen LogP contribution in [0.25, 0.3) is 0 Å². The summed E-state index contributed by atoms with van der Waals surface area (Å²) in [5.74, 6) is -1.31. The quantitative estimate of drug-likeness (QED) is 0.621. The van der Waals surface area contributed by atoms with Crippen molar-refractivity contribution >= 4 is 46.8 Å². The molecule has 3 heterocycles. The van der Waals surface area contributed by atoms with Gasteiger partial charge in [0, 0.05) is 24.2 Å². The van der Waals surface area contributed by atoms with Crippen molar-refractivity contribution in [2.45, 2.75) is 59.4 Å². The number of aromatic nitrogens is 2. The Kier molecular flexibility index (Phi) is 5.95. The Morgan fingerprint density at radius 2 is 1.91 bits per heavy atom. The number of halogens is 3. The summed E-state index contributed by atoms with van der Waals surface area (Å²) >= 11 is 13.2. The Hall–Kier alpha value is -2.41. The highest BCUT2D eigenvalue weighted by molar-refractivity contribution is 7.99. The van der Waals surface area contributed by atoms with Gasteiger partial charge < -0.3 is 10.2 Å². The van der Waals surface area contributed by atoms with Crippen molar-refractivity contribution in [3.8, 4) is 6.07 Å². The molecule has 0 aromatic carbocycles. The van der Waals surface area contributed by atoms with Gasteiger partial charge in [-0.1, -0.05) is 23.2 Å². The molecule has 2 atom stereocenters. The minimum atomic E-state index is -1.10. The second-order valence-corrected chi connectivity index (χ2v) is 11.2. The van der Waals surface area contributed by atoms with Gasteiger partial charge >= 0.3 is 0 Å². The van der Waals surface area contributed by atoms with Gasteiger partial charge in [0.15, 0.2) is 0 Å². The molecule has 5 rings (SSSR count). The molecule has 2 aliphatic carbocycles. The van der Waals surface area contributed by atoms with Crippen LogP contribution in [0, 0.1) is 17.1 Å². The van der Waals surface area contributed by atoms with Gasteiger partial charge in [-0.15, -0.1) is 11.8 Å². The standard InChI is InChI=1S/C23H20Cl2FN5O2S/c24-13-1-2-18(28-9-13)34-15-8-17(20(32)30-22(12-27)3-4-22)31(11-15)21(33)23(5-6-23)19-16(26)7-14(25)10-29-19/h1-2,7,9-10,15,17H,3-6,8,11H2,(H,30,32). The lowest BCUT2D eigenvalue weighted by Gasteiger charge is -2.28. The first-order chi connectivity index (χ1) is 16.2. The van der Waals surface area contributed by atoms with E-state index in [4.69, 9.17) is 23.2 Å². The van der Waals surface area contributed by atoms with Crippen LogP contribution in [0.3, 0.4) is 0 Å². The molecule has 1 N–H and O–H groups in total. The average Bonchev–Trinajstić information content (AvgIpc) is 3.73. The van der Waals surface area contributed by atoms with Crippen LogP contribution in [0.2, 0.25) is 10.0 Å². The lowest BCUT2D eigenvalue weighted by molar-refractivity contribution is -0.140. The summed E-state index contributed by atoms with van der Waals surface area (Å²) in [6, 6.07) is 6.06. The number of nitriles is 1. The van der Waals surface area contributed by atoms with E-state index in [1.807, 2.05) is 0 Å². The molecule has 176 valence electrons. The van der Waals surface area contributed by atoms with Crippen molar-refractivity contribution in [2.75, 3.05) is 6.54 Å². The van der Waals surface area contributed by atoms with Gasteiger partial charge in [-0.2, -0.15) is 5.26 Å². The van der Waals surface area contributed by atoms with Gasteiger partial charge in [0.1, 0.15) is 17.4 Å². The number of hydrogen-bond acceptors (Lipinski definition) is 6. The number of rotatable bonds is 6. The van der Waals surface area contributed by atoms with Gasteiger partial charge in [0.05, 0.1) is 32.2 Å². The monoisotopic (exact) mass is 519 g/mol. The lowest BCUT2D eigenvalue weighted by atomic mass is 9.98. The number of pyridine rings is 2. The molecule has 1 aliphatic heterocycles. The van der Waals surface area contributed by atoms with Crippen LogP contribution in [0.1, 0.15) is 37.8 Å². The van der Waals surface area contributed by atoms with Crippen LogP contribution in [0.5, 0.6) is 0 Å². The van der Waals surface area contributed by atoms with Crippen LogP contribution < -0.4 is 5.32 Å². The molecule has 11 heteroatoms. The van der Waals surface area contributed by atoms with Crippen LogP contribution in [-0.4, -0.2) is 50.1 Å². The molecule has 34 heavy (non-hydrogen) atoms. The molecule has 2 unspecified atom stereocenters. The molecule has 0 radical (unpaired) electrons. The number of likely N-dealkylation sites (tertiary alicyclic amines) is 1. The van der Waals surface area contributed by atoms with Gasteiger partial charge in [0.25, 0.3) is 0 Å². The topological polar surface area (TPSA) is 99.0 Å². The van der Waals surface area contributed by atoms with Crippen LogP contribution >= 0.6 is 35.0 Å². The van der Waals surface area contributed by atoms with E-state index in [2.05, 4.69) is 21.4 Å². The minimum absolute atomic E-state index is 0.0622. The van der Waals surface area contributed by atoms with E-state index in [-0.39, 0.29) is 27.8 Å². The zero-order valence-corrected chi connectivity index (χ0v) is 20.3. The maximum absolute atomic E-state index is 14.7. The highest BCUT2D eigenvalue weighted by Gasteiger charge is 2.59. The number of nitrogens with one attached hydrogen (secondary N) is 1. The van der Waals surface area contributed by atoms with E-state index >= 15 is 0 Å². The maximum atomic E-state index is 14.7. The maximum Gasteiger partial charge on any atom is 0.244 e. The van der Waals surface area contributed by atoms with Crippen molar-refractivity contribution in [1.82, 2.24) is 20.2 Å². The third-order valence-electron chi connectivity index (χ3n) is 6.56. The van der Waals surface area contributed by atoms with E-state index in [1.54, 1.807) is 18.3 Å². The Bertz CT molecular complexity index is 1200. The Labute approximate surface area is 210 Å². The molecule has 3 aliphatic rings. The summed E-state index contributed by atoms with van der Waals surface area (Å²) in [6.45, 7) is 0.294. The molecular weight excluding hydrogens is 500 g/mol. The second kappa shape index (κ2) is 8.67. The zero-order valence-electron chi connectivity index (χ0n) is 17.9. The van der Waals surface area contributed by atoms with E-state index in [0.29, 0.717) is 43.7 Å². The first kappa shape index (κ1) is 23.3. The minimum Gasteiger partial charge on any atom is -0.336 e. The summed E-state index contributed by atoms with van der Waals surface area (Å²) in [7, 11) is 0. The van der Waals surface area contributed by atoms with Crippen molar-refractivity contribution < 1.29 is 14.0 Å². The predicted octanol–water partition coefficient (Wildman–Crippen LogP) is 3.89. The Balaban J connectivity index is 1.41. The predicted molar refractivity (Wildman–Crippen MR) is 125 cm³/mol. The zero-order chi connectivity index (χ0) is 24.1. The highest BCUT2D eigenvalue weighted by Crippen LogP contribution is 2.51. The van der Waals surface area contributed by atoms with E-state index in [1.165, 1.54) is 22.9 Å². The molecule has 3 fully saturated rings. The number of thioether (sulfide) groups is 1. The van der Waals surface area contributed by atoms with Gasteiger partial charge in [-0.05, 0) is 50.3 Å². The number of carbonyl (C=O) groups is 2. The normalized spacial score (nSPS) is 23.8. The third kappa shape index (κ3) is 4.35. The number of amides is 2. The molecule has 2 aromatic rings. The van der Waals surface area contributed by atoms with E-state index < -0.39 is 22.8 Å². The van der Waals surface area contributed by atoms with Crippen LogP contribution in [-0.2, 0) is 15.0 Å². The van der Waals surface area contributed by atoms with Gasteiger partial charge in [-0.25, -0.2) is 9.37 Å². The summed E-state index contributed by atoms with van der Waals surface area (Å²) < 4.78 is 14.7. The average molecular weight is 520 g/mol. The molecule has 2 amide bonds. The third-order valence-corrected chi connectivity index (χ3v) is 8.15. The lowest BCUT2D eigenvalue weighted by Crippen LogP contribution is -2.51. The van der Waals surface area contributed by atoms with Gasteiger partial charge in [-0.3, -0.25) is 14.6 Å². The second-order valence-electron chi connectivity index (χ2n) is 9.01. The molecule has 2 aromatic heterocycles. The molecule has 7 nitrogen and oxygen atoms in total. The van der Waals surface area contributed by atoms with Crippen molar-refractivity contribution in [3.05, 3.63) is 52.1 Å². The molecular formula is C23H20Cl2FN5O2S. The number of hydrogen-bond donors (Lipinski definition) is 1. The van der Waals surface area contributed by atoms with E-state index in [0.717, 1.165) is 11.1 Å². The molecule has 0 spiro atoms. The molecule has 2 saturated carbocycles. The summed E-state index contributed by atoms with van der Waals surface area (Å²) in [6.07, 6.45) is 5.34. The first-order valence-corrected chi connectivity index (χ1v) is 12.5. The highest BCUT2D eigenvalue weighted by atomic mass is 35.5. The fourth-order valence-electron chi connectivity index (χ4n) is 4.39. The van der Waals surface area contributed by atoms with Crippen molar-refractivity contribution in [1.29, 1.82) is 5.26 Å². The fraction of sp³-hybridized carbons (Fsp3) is 0.435. The first-order valence-electron chi connectivity index (χ1n) is 10.9.